The fraction of sp³-hybridized carbons (Fsp3) is 0.217. The SMILES string of the molecule is O=NC(=O)c1ccc(CCn2c(CNCCOc3ccccc3)c(Cl)cc(Cl)c2=O)cc1. The molecule has 0 saturated heterocycles. The third-order valence-electron chi connectivity index (χ3n) is 4.80. The number of nitrogens with zero attached hydrogens (tertiary/aromatic N) is 2. The summed E-state index contributed by atoms with van der Waals surface area (Å²) in [5.41, 5.74) is 1.39. The van der Waals surface area contributed by atoms with E-state index in [1.165, 1.54) is 18.2 Å². The second-order valence-corrected chi connectivity index (χ2v) is 7.74. The number of amides is 1. The number of aromatic nitrogens is 1. The van der Waals surface area contributed by atoms with Crippen molar-refractivity contribution in [3.63, 3.8) is 0 Å². The number of halogens is 2. The number of aryl methyl sites for hydroxylation is 1. The number of hydrogen-bond acceptors (Lipinski definition) is 5. The molecule has 0 atom stereocenters. The predicted molar refractivity (Wildman–Crippen MR) is 125 cm³/mol. The molecule has 32 heavy (non-hydrogen) atoms. The van der Waals surface area contributed by atoms with Crippen LogP contribution in [-0.2, 0) is 19.5 Å². The molecule has 3 aromatic rings. The van der Waals surface area contributed by atoms with Crippen molar-refractivity contribution in [3.05, 3.63) is 103 Å². The van der Waals surface area contributed by atoms with Crippen molar-refractivity contribution in [2.45, 2.75) is 19.5 Å². The minimum atomic E-state index is -0.820. The molecule has 1 aromatic heterocycles. The predicted octanol–water partition coefficient (Wildman–Crippen LogP) is 4.47. The minimum absolute atomic E-state index is 0.0455. The van der Waals surface area contributed by atoms with E-state index in [9.17, 15) is 14.5 Å². The van der Waals surface area contributed by atoms with Crippen molar-refractivity contribution in [2.75, 3.05) is 13.2 Å². The zero-order valence-corrected chi connectivity index (χ0v) is 18.6. The lowest BCUT2D eigenvalue weighted by atomic mass is 10.1. The summed E-state index contributed by atoms with van der Waals surface area (Å²) in [6.07, 6.45) is 0.504. The molecule has 9 heteroatoms. The summed E-state index contributed by atoms with van der Waals surface area (Å²) in [5, 5.41) is 6.08. The molecule has 0 bridgehead atoms. The van der Waals surface area contributed by atoms with Gasteiger partial charge in [0.1, 0.15) is 17.4 Å². The first-order chi connectivity index (χ1) is 15.5. The van der Waals surface area contributed by atoms with Gasteiger partial charge in [0, 0.05) is 30.4 Å². The Morgan fingerprint density at radius 1 is 1.03 bits per heavy atom. The Kier molecular flexibility index (Phi) is 8.56. The molecule has 1 heterocycles. The Bertz CT molecular complexity index is 1130. The van der Waals surface area contributed by atoms with Crippen LogP contribution in [0.5, 0.6) is 5.75 Å². The lowest BCUT2D eigenvalue weighted by molar-refractivity contribution is 0.100. The number of carbonyl (C=O) groups excluding carboxylic acids is 1. The number of carbonyl (C=O) groups is 1. The van der Waals surface area contributed by atoms with Crippen LogP contribution in [-0.4, -0.2) is 23.6 Å². The second-order valence-electron chi connectivity index (χ2n) is 6.93. The maximum absolute atomic E-state index is 12.6. The van der Waals surface area contributed by atoms with Gasteiger partial charge < -0.3 is 14.6 Å². The van der Waals surface area contributed by atoms with Crippen LogP contribution >= 0.6 is 23.2 Å². The maximum Gasteiger partial charge on any atom is 0.316 e. The zero-order valence-electron chi connectivity index (χ0n) is 17.1. The highest BCUT2D eigenvalue weighted by Gasteiger charge is 2.13. The normalized spacial score (nSPS) is 10.7. The highest BCUT2D eigenvalue weighted by Crippen LogP contribution is 2.19. The summed E-state index contributed by atoms with van der Waals surface area (Å²) >= 11 is 12.4. The molecule has 166 valence electrons. The highest BCUT2D eigenvalue weighted by atomic mass is 35.5. The van der Waals surface area contributed by atoms with Gasteiger partial charge in [0.2, 0.25) is 0 Å². The van der Waals surface area contributed by atoms with Gasteiger partial charge in [-0.3, -0.25) is 9.59 Å². The van der Waals surface area contributed by atoms with Crippen LogP contribution in [0.1, 0.15) is 21.6 Å². The fourth-order valence-electron chi connectivity index (χ4n) is 3.13. The van der Waals surface area contributed by atoms with E-state index in [4.69, 9.17) is 27.9 Å². The number of pyridine rings is 1. The number of para-hydroxylation sites is 1. The largest absolute Gasteiger partial charge is 0.492 e. The van der Waals surface area contributed by atoms with Gasteiger partial charge >= 0.3 is 5.91 Å². The van der Waals surface area contributed by atoms with Crippen LogP contribution in [0, 0.1) is 4.91 Å². The highest BCUT2D eigenvalue weighted by molar-refractivity contribution is 6.34. The third kappa shape index (κ3) is 6.26. The van der Waals surface area contributed by atoms with E-state index in [0.717, 1.165) is 11.3 Å². The van der Waals surface area contributed by atoms with Crippen LogP contribution in [0.15, 0.2) is 70.6 Å². The first-order valence-corrected chi connectivity index (χ1v) is 10.7. The molecule has 1 amide bonds. The third-order valence-corrected chi connectivity index (χ3v) is 5.39. The molecule has 0 aliphatic rings. The van der Waals surface area contributed by atoms with Crippen LogP contribution in [0.3, 0.4) is 0 Å². The molecule has 0 radical (unpaired) electrons. The van der Waals surface area contributed by atoms with E-state index >= 15 is 0 Å². The quantitative estimate of drug-likeness (QED) is 0.346. The Morgan fingerprint density at radius 3 is 2.44 bits per heavy atom. The molecule has 0 saturated carbocycles. The molecule has 3 rings (SSSR count). The molecule has 0 aliphatic carbocycles. The fourth-order valence-corrected chi connectivity index (χ4v) is 3.67. The van der Waals surface area contributed by atoms with Gasteiger partial charge in [-0.1, -0.05) is 53.5 Å². The zero-order chi connectivity index (χ0) is 22.9. The van der Waals surface area contributed by atoms with Crippen molar-refractivity contribution >= 4 is 29.1 Å². The molecule has 7 nitrogen and oxygen atoms in total. The monoisotopic (exact) mass is 473 g/mol. The molecule has 0 aliphatic heterocycles. The van der Waals surface area contributed by atoms with E-state index in [1.54, 1.807) is 16.7 Å². The van der Waals surface area contributed by atoms with Crippen molar-refractivity contribution in [1.29, 1.82) is 0 Å². The summed E-state index contributed by atoms with van der Waals surface area (Å²) in [6, 6.07) is 17.4. The van der Waals surface area contributed by atoms with Crippen molar-refractivity contribution in [1.82, 2.24) is 9.88 Å². The van der Waals surface area contributed by atoms with Gasteiger partial charge in [0.05, 0.1) is 10.7 Å². The van der Waals surface area contributed by atoms with Gasteiger partial charge in [0.15, 0.2) is 0 Å². The Labute approximate surface area is 194 Å². The summed E-state index contributed by atoms with van der Waals surface area (Å²) in [6.45, 7) is 1.72. The minimum Gasteiger partial charge on any atom is -0.492 e. The summed E-state index contributed by atoms with van der Waals surface area (Å²) in [7, 11) is 0. The molecule has 1 N–H and O–H groups in total. The number of rotatable bonds is 10. The van der Waals surface area contributed by atoms with Gasteiger partial charge in [-0.25, -0.2) is 0 Å². The van der Waals surface area contributed by atoms with Crippen LogP contribution < -0.4 is 15.6 Å². The molecular formula is C23H21Cl2N3O4. The summed E-state index contributed by atoms with van der Waals surface area (Å²) < 4.78 is 7.20. The number of hydrogen-bond donors (Lipinski definition) is 1. The molecular weight excluding hydrogens is 453 g/mol. The first kappa shape index (κ1) is 23.7. The van der Waals surface area contributed by atoms with Gasteiger partial charge in [-0.2, -0.15) is 0 Å². The lowest BCUT2D eigenvalue weighted by Crippen LogP contribution is -2.29. The van der Waals surface area contributed by atoms with Crippen LogP contribution in [0.25, 0.3) is 0 Å². The van der Waals surface area contributed by atoms with Crippen molar-refractivity contribution in [3.8, 4) is 5.75 Å². The molecule has 0 unspecified atom stereocenters. The van der Waals surface area contributed by atoms with E-state index < -0.39 is 5.91 Å². The standard InChI is InChI=1S/C23H21Cl2N3O4/c24-19-14-20(25)23(30)28(12-10-16-6-8-17(9-7-16)22(29)27-31)21(19)15-26-11-13-32-18-4-2-1-3-5-18/h1-9,14,26H,10-13,15H2. The Morgan fingerprint density at radius 2 is 1.75 bits per heavy atom. The van der Waals surface area contributed by atoms with Crippen LogP contribution in [0.2, 0.25) is 10.0 Å². The van der Waals surface area contributed by atoms with Gasteiger partial charge in [0.25, 0.3) is 5.56 Å². The molecule has 2 aromatic carbocycles. The average molecular weight is 474 g/mol. The Hall–Kier alpha value is -3.00. The second kappa shape index (κ2) is 11.6. The summed E-state index contributed by atoms with van der Waals surface area (Å²) in [4.78, 5) is 34.3. The lowest BCUT2D eigenvalue weighted by Gasteiger charge is -2.16. The molecule has 0 fully saturated rings. The van der Waals surface area contributed by atoms with E-state index in [-0.39, 0.29) is 16.1 Å². The van der Waals surface area contributed by atoms with Crippen molar-refractivity contribution < 1.29 is 9.53 Å². The summed E-state index contributed by atoms with van der Waals surface area (Å²) in [5.74, 6) is -0.0358. The first-order valence-electron chi connectivity index (χ1n) is 9.92. The smallest absolute Gasteiger partial charge is 0.316 e. The number of ether oxygens (including phenoxy) is 1. The van der Waals surface area contributed by atoms with Gasteiger partial charge in [-0.15, -0.1) is 4.91 Å². The van der Waals surface area contributed by atoms with Gasteiger partial charge in [-0.05, 0) is 42.3 Å². The van der Waals surface area contributed by atoms with Crippen LogP contribution in [0.4, 0.5) is 0 Å². The van der Waals surface area contributed by atoms with E-state index in [2.05, 4.69) is 10.5 Å². The average Bonchev–Trinajstić information content (AvgIpc) is 2.82. The Balaban J connectivity index is 1.64. The number of benzene rings is 2. The van der Waals surface area contributed by atoms with E-state index in [1.807, 2.05) is 30.3 Å². The maximum atomic E-state index is 12.6. The van der Waals surface area contributed by atoms with E-state index in [0.29, 0.717) is 43.4 Å². The molecule has 0 spiro atoms. The number of nitrogens with one attached hydrogen (secondary N) is 1. The van der Waals surface area contributed by atoms with Crippen molar-refractivity contribution in [2.24, 2.45) is 5.18 Å². The topological polar surface area (TPSA) is 89.8 Å². The number of nitroso groups, excluding NO2 is 1.